The highest BCUT2D eigenvalue weighted by Crippen LogP contribution is 2.21. The summed E-state index contributed by atoms with van der Waals surface area (Å²) in [5.74, 6) is 0.845. The van der Waals surface area contributed by atoms with Gasteiger partial charge < -0.3 is 4.90 Å². The van der Waals surface area contributed by atoms with Gasteiger partial charge in [0, 0.05) is 16.7 Å². The van der Waals surface area contributed by atoms with Crippen LogP contribution in [0.25, 0.3) is 0 Å². The Labute approximate surface area is 104 Å². The molecule has 1 fully saturated rings. The van der Waals surface area contributed by atoms with Gasteiger partial charge in [0.1, 0.15) is 0 Å². The largest absolute Gasteiger partial charge is 0.338 e. The van der Waals surface area contributed by atoms with Crippen molar-refractivity contribution in [2.75, 3.05) is 13.1 Å². The van der Waals surface area contributed by atoms with E-state index in [1.54, 1.807) is 0 Å². The number of carbonyl (C=O) groups is 1. The van der Waals surface area contributed by atoms with Gasteiger partial charge in [0.05, 0.1) is 5.56 Å². The highest BCUT2D eigenvalue weighted by Gasteiger charge is 2.28. The third-order valence-electron chi connectivity index (χ3n) is 2.70. The third kappa shape index (κ3) is 2.17. The lowest BCUT2D eigenvalue weighted by Crippen LogP contribution is -2.48. The smallest absolute Gasteiger partial charge is 0.254 e. The van der Waals surface area contributed by atoms with Gasteiger partial charge in [-0.25, -0.2) is 0 Å². The molecule has 1 aromatic rings. The molecule has 0 N–H and O–H groups in total. The van der Waals surface area contributed by atoms with Crippen LogP contribution < -0.4 is 0 Å². The number of carbonyl (C=O) groups excluding carboxylic acids is 1. The minimum Gasteiger partial charge on any atom is -0.338 e. The maximum atomic E-state index is 12.1. The number of nitrogens with zero attached hydrogens (tertiary/aromatic N) is 1. The predicted molar refractivity (Wildman–Crippen MR) is 69.0 cm³/mol. The second-order valence-corrected chi connectivity index (χ2v) is 5.46. The first-order valence-electron chi connectivity index (χ1n) is 5.13. The standard InChI is InChI=1S/C12H14INO/c1-8-3-4-11(13)10(5-8)12(15)14-6-9(2)7-14/h3-5,9H,6-7H2,1-2H3. The molecule has 0 saturated carbocycles. The molecule has 0 atom stereocenters. The van der Waals surface area contributed by atoms with Crippen LogP contribution in [-0.4, -0.2) is 23.9 Å². The van der Waals surface area contributed by atoms with Crippen LogP contribution >= 0.6 is 22.6 Å². The summed E-state index contributed by atoms with van der Waals surface area (Å²) in [6.45, 7) is 6.00. The van der Waals surface area contributed by atoms with Crippen LogP contribution in [0.4, 0.5) is 0 Å². The summed E-state index contributed by atoms with van der Waals surface area (Å²) in [7, 11) is 0. The van der Waals surface area contributed by atoms with E-state index in [4.69, 9.17) is 0 Å². The molecular formula is C12H14INO. The zero-order chi connectivity index (χ0) is 11.0. The van der Waals surface area contributed by atoms with Gasteiger partial charge in [-0.2, -0.15) is 0 Å². The monoisotopic (exact) mass is 315 g/mol. The minimum atomic E-state index is 0.182. The average molecular weight is 315 g/mol. The molecule has 0 aliphatic carbocycles. The molecule has 0 unspecified atom stereocenters. The molecule has 1 heterocycles. The Kier molecular flexibility index (Phi) is 3.00. The maximum absolute atomic E-state index is 12.1. The van der Waals surface area contributed by atoms with E-state index < -0.39 is 0 Å². The van der Waals surface area contributed by atoms with E-state index in [9.17, 15) is 4.79 Å². The second kappa shape index (κ2) is 4.12. The fourth-order valence-corrected chi connectivity index (χ4v) is 2.40. The van der Waals surface area contributed by atoms with Crippen molar-refractivity contribution in [1.82, 2.24) is 4.90 Å². The Bertz CT molecular complexity index is 397. The van der Waals surface area contributed by atoms with Crippen LogP contribution in [0.3, 0.4) is 0 Å². The van der Waals surface area contributed by atoms with Gasteiger partial charge in [-0.1, -0.05) is 18.6 Å². The number of benzene rings is 1. The van der Waals surface area contributed by atoms with Crippen LogP contribution in [0.5, 0.6) is 0 Å². The molecule has 1 aliphatic heterocycles. The fraction of sp³-hybridized carbons (Fsp3) is 0.417. The van der Waals surface area contributed by atoms with E-state index in [1.165, 1.54) is 0 Å². The van der Waals surface area contributed by atoms with Crippen molar-refractivity contribution in [2.24, 2.45) is 5.92 Å². The van der Waals surface area contributed by atoms with Crippen molar-refractivity contribution in [1.29, 1.82) is 0 Å². The van der Waals surface area contributed by atoms with Crippen molar-refractivity contribution < 1.29 is 4.79 Å². The number of hydrogen-bond acceptors (Lipinski definition) is 1. The lowest BCUT2D eigenvalue weighted by atomic mass is 10.0. The Morgan fingerprint density at radius 2 is 2.13 bits per heavy atom. The van der Waals surface area contributed by atoms with E-state index in [2.05, 4.69) is 29.5 Å². The molecule has 1 saturated heterocycles. The zero-order valence-electron chi connectivity index (χ0n) is 8.96. The SMILES string of the molecule is Cc1ccc(I)c(C(=O)N2CC(C)C2)c1. The fourth-order valence-electron chi connectivity index (χ4n) is 1.84. The van der Waals surface area contributed by atoms with Gasteiger partial charge in [0.2, 0.25) is 0 Å². The first-order valence-corrected chi connectivity index (χ1v) is 6.21. The molecule has 1 amide bonds. The number of aryl methyl sites for hydroxylation is 1. The van der Waals surface area contributed by atoms with Crippen LogP contribution in [0.1, 0.15) is 22.8 Å². The Hall–Kier alpha value is -0.580. The predicted octanol–water partition coefficient (Wildman–Crippen LogP) is 2.69. The van der Waals surface area contributed by atoms with Crippen LogP contribution in [0.15, 0.2) is 18.2 Å². The second-order valence-electron chi connectivity index (χ2n) is 4.30. The van der Waals surface area contributed by atoms with E-state index >= 15 is 0 Å². The van der Waals surface area contributed by atoms with Crippen molar-refractivity contribution in [3.63, 3.8) is 0 Å². The summed E-state index contributed by atoms with van der Waals surface area (Å²) in [6, 6.07) is 6.02. The van der Waals surface area contributed by atoms with E-state index in [1.807, 2.05) is 30.0 Å². The molecular weight excluding hydrogens is 301 g/mol. The number of halogens is 1. The number of likely N-dealkylation sites (tertiary alicyclic amines) is 1. The Balaban J connectivity index is 2.22. The quantitative estimate of drug-likeness (QED) is 0.730. The number of rotatable bonds is 1. The molecule has 0 radical (unpaired) electrons. The molecule has 1 aromatic carbocycles. The van der Waals surface area contributed by atoms with E-state index in [0.29, 0.717) is 5.92 Å². The van der Waals surface area contributed by atoms with Crippen molar-refractivity contribution >= 4 is 28.5 Å². The lowest BCUT2D eigenvalue weighted by Gasteiger charge is -2.37. The van der Waals surface area contributed by atoms with Gasteiger partial charge in [0.25, 0.3) is 5.91 Å². The van der Waals surface area contributed by atoms with Gasteiger partial charge in [-0.3, -0.25) is 4.79 Å². The van der Waals surface area contributed by atoms with Gasteiger partial charge >= 0.3 is 0 Å². The lowest BCUT2D eigenvalue weighted by molar-refractivity contribution is 0.0529. The molecule has 2 nitrogen and oxygen atoms in total. The maximum Gasteiger partial charge on any atom is 0.254 e. The molecule has 15 heavy (non-hydrogen) atoms. The topological polar surface area (TPSA) is 20.3 Å². The highest BCUT2D eigenvalue weighted by atomic mass is 127. The van der Waals surface area contributed by atoms with Gasteiger partial charge in [0.15, 0.2) is 0 Å². The summed E-state index contributed by atoms with van der Waals surface area (Å²) in [6.07, 6.45) is 0. The molecule has 0 spiro atoms. The van der Waals surface area contributed by atoms with Crippen LogP contribution in [-0.2, 0) is 0 Å². The molecule has 0 bridgehead atoms. The molecule has 1 aliphatic rings. The van der Waals surface area contributed by atoms with E-state index in [-0.39, 0.29) is 5.91 Å². The first-order chi connectivity index (χ1) is 7.08. The van der Waals surface area contributed by atoms with Crippen molar-refractivity contribution in [3.8, 4) is 0 Å². The van der Waals surface area contributed by atoms with E-state index in [0.717, 1.165) is 27.8 Å². The Morgan fingerprint density at radius 1 is 1.47 bits per heavy atom. The summed E-state index contributed by atoms with van der Waals surface area (Å²) < 4.78 is 1.04. The average Bonchev–Trinajstić information content (AvgIpc) is 2.16. The minimum absolute atomic E-state index is 0.182. The number of amides is 1. The van der Waals surface area contributed by atoms with Crippen LogP contribution in [0, 0.1) is 16.4 Å². The van der Waals surface area contributed by atoms with Crippen molar-refractivity contribution in [2.45, 2.75) is 13.8 Å². The Morgan fingerprint density at radius 3 is 2.73 bits per heavy atom. The zero-order valence-corrected chi connectivity index (χ0v) is 11.1. The summed E-state index contributed by atoms with van der Waals surface area (Å²) in [5, 5.41) is 0. The summed E-state index contributed by atoms with van der Waals surface area (Å²) in [4.78, 5) is 14.0. The van der Waals surface area contributed by atoms with Crippen molar-refractivity contribution in [3.05, 3.63) is 32.9 Å². The molecule has 80 valence electrons. The summed E-state index contributed by atoms with van der Waals surface area (Å²) >= 11 is 2.22. The van der Waals surface area contributed by atoms with Gasteiger partial charge in [-0.05, 0) is 47.6 Å². The summed E-state index contributed by atoms with van der Waals surface area (Å²) in [5.41, 5.74) is 2.00. The molecule has 2 rings (SSSR count). The number of hydrogen-bond donors (Lipinski definition) is 0. The molecule has 3 heteroatoms. The third-order valence-corrected chi connectivity index (χ3v) is 3.64. The van der Waals surface area contributed by atoms with Crippen LogP contribution in [0.2, 0.25) is 0 Å². The first kappa shape index (κ1) is 10.9. The highest BCUT2D eigenvalue weighted by molar-refractivity contribution is 14.1. The molecule has 0 aromatic heterocycles. The van der Waals surface area contributed by atoms with Gasteiger partial charge in [-0.15, -0.1) is 0 Å². The normalized spacial score (nSPS) is 16.3.